The number of aryl methyl sites for hydroxylation is 4. The monoisotopic (exact) mass is 1780 g/mol. The normalized spacial score (nSPS) is 11.2. The topological polar surface area (TPSA) is 195 Å². The smallest absolute Gasteiger partial charge is 0.151 e. The fourth-order valence-electron chi connectivity index (χ4n) is 12.7. The highest BCUT2D eigenvalue weighted by Crippen LogP contribution is 2.28. The quantitative estimate of drug-likeness (QED) is 0.0135. The van der Waals surface area contributed by atoms with Gasteiger partial charge < -0.3 is 0 Å². The molecule has 0 aliphatic carbocycles. The van der Waals surface area contributed by atoms with E-state index in [9.17, 15) is 30.7 Å². The molecule has 0 atom stereocenters. The fourth-order valence-corrected chi connectivity index (χ4v) is 12.8. The van der Waals surface area contributed by atoms with Crippen molar-refractivity contribution in [1.82, 2.24) is 0 Å². The van der Waals surface area contributed by atoms with Crippen LogP contribution in [0.5, 0.6) is 0 Å². The largest absolute Gasteiger partial charge is 0.279 e. The summed E-state index contributed by atoms with van der Waals surface area (Å²) >= 11 is 5.90. The summed E-state index contributed by atoms with van der Waals surface area (Å²) < 4.78 is 93.4. The molecule has 16 aromatic rings. The van der Waals surface area contributed by atoms with Gasteiger partial charge in [-0.1, -0.05) is 223 Å². The molecule has 8 N–H and O–H groups in total. The molecule has 132 heavy (non-hydrogen) atoms. The van der Waals surface area contributed by atoms with Crippen LogP contribution in [0.25, 0.3) is 44.5 Å². The number of anilines is 8. The lowest BCUT2D eigenvalue weighted by Crippen LogP contribution is -1.95. The van der Waals surface area contributed by atoms with Gasteiger partial charge in [0.05, 0.1) is 95.2 Å². The maximum absolute atomic E-state index is 13.9. The average molecular weight is 1780 g/mol. The summed E-state index contributed by atoms with van der Waals surface area (Å²) in [5.41, 5.74) is 47.4. The Labute approximate surface area is 765 Å². The van der Waals surface area contributed by atoms with Crippen molar-refractivity contribution in [3.63, 3.8) is 0 Å². The van der Waals surface area contributed by atoms with Gasteiger partial charge >= 0.3 is 0 Å². The van der Waals surface area contributed by atoms with E-state index in [0.29, 0.717) is 16.4 Å². The molecule has 16 nitrogen and oxygen atoms in total. The molecule has 0 radical (unpaired) electrons. The number of benzene rings is 16. The predicted molar refractivity (Wildman–Crippen MR) is 532 cm³/mol. The summed E-state index contributed by atoms with van der Waals surface area (Å²) in [4.78, 5) is 0. The maximum atomic E-state index is 13.9. The summed E-state index contributed by atoms with van der Waals surface area (Å²) in [5, 5.41) is 34.2. The molecule has 24 heteroatoms. The average Bonchev–Trinajstić information content (AvgIpc) is 0.852. The number of rotatable bonds is 28. The highest BCUT2D eigenvalue weighted by molar-refractivity contribution is 6.30. The molecule has 0 saturated carbocycles. The Hall–Kier alpha value is -16.9. The maximum Gasteiger partial charge on any atom is 0.151 e. The zero-order valence-corrected chi connectivity index (χ0v) is 72.6. The van der Waals surface area contributed by atoms with Gasteiger partial charge in [-0.2, -0.15) is 40.8 Å². The second-order valence-corrected chi connectivity index (χ2v) is 30.4. The summed E-state index contributed by atoms with van der Waals surface area (Å²) in [6.07, 6.45) is 13.6. The molecular formula is C108H88ClF7N16. The van der Waals surface area contributed by atoms with Crippen molar-refractivity contribution < 1.29 is 30.7 Å². The van der Waals surface area contributed by atoms with Gasteiger partial charge in [0.1, 0.15) is 34.9 Å². The van der Waals surface area contributed by atoms with Crippen LogP contribution in [0.4, 0.5) is 76.2 Å². The van der Waals surface area contributed by atoms with Crippen LogP contribution in [0.2, 0.25) is 5.02 Å². The van der Waals surface area contributed by atoms with Gasteiger partial charge in [-0.05, 0) is 279 Å². The molecule has 0 bridgehead atoms. The zero-order valence-electron chi connectivity index (χ0n) is 71.9. The van der Waals surface area contributed by atoms with Crippen LogP contribution in [0.1, 0.15) is 66.8 Å². The standard InChI is InChI=1S/C27H23ClN4.2C27H21F3N4.C27H23FN4/c1-20-5-13-26(14-6-20)31-30-19-22-3-2-4-24(17-22)23-9-7-21(8-10-23)18-29-32-27-15-11-25(28)12-16-27;1-18-5-11-26(24(29)13-18)33-32-17-20-3-2-4-22(14-20)21-8-6-19(7-9-21)16-31-34-27-12-10-23(28)15-25(27)30;1-18-9-23(28)13-26(10-18)33-32-17-20-3-2-4-22(11-20)21-7-5-19(6-8-21)16-31-34-27-14-24(29)12-25(30)15-27;1-20-5-13-26(14-6-20)31-30-19-22-3-2-4-24(17-22)23-9-7-21(8-10-23)18-29-32-27-15-11-25(28)12-16-27/h2-19,31-32H,1H3;2*2-17,33-34H,1H3;2-19,31-32H,1H3/b29-18+,30-19+;2*31-16+,32-17+;29-18+,30-19+. The van der Waals surface area contributed by atoms with Crippen LogP contribution in [-0.4, -0.2) is 49.7 Å². The third kappa shape index (κ3) is 30.1. The third-order valence-corrected chi connectivity index (χ3v) is 19.8. The lowest BCUT2D eigenvalue weighted by molar-refractivity contribution is 0.583. The zero-order chi connectivity index (χ0) is 92.2. The van der Waals surface area contributed by atoms with Crippen LogP contribution in [-0.2, 0) is 0 Å². The first-order valence-corrected chi connectivity index (χ1v) is 41.9. The minimum Gasteiger partial charge on any atom is -0.279 e. The first-order chi connectivity index (χ1) is 64.2. The number of nitrogens with zero attached hydrogens (tertiary/aromatic N) is 8. The Morgan fingerprint density at radius 3 is 0.795 bits per heavy atom. The van der Waals surface area contributed by atoms with Gasteiger partial charge in [0.2, 0.25) is 0 Å². The van der Waals surface area contributed by atoms with Crippen LogP contribution >= 0.6 is 11.6 Å². The number of hydrogen-bond donors (Lipinski definition) is 8. The molecule has 0 unspecified atom stereocenters. The lowest BCUT2D eigenvalue weighted by atomic mass is 10.0. The molecule has 0 aromatic heterocycles. The molecule has 16 aromatic carbocycles. The number of hydrogen-bond acceptors (Lipinski definition) is 16. The van der Waals surface area contributed by atoms with E-state index in [0.717, 1.165) is 153 Å². The van der Waals surface area contributed by atoms with Gasteiger partial charge in [0.25, 0.3) is 0 Å². The molecule has 16 rings (SSSR count). The first kappa shape index (κ1) is 92.7. The second-order valence-electron chi connectivity index (χ2n) is 30.0. The molecule has 0 amide bonds. The molecule has 0 spiro atoms. The molecular weight excluding hydrogens is 1690 g/mol. The summed E-state index contributed by atoms with van der Waals surface area (Å²) in [7, 11) is 0. The van der Waals surface area contributed by atoms with Crippen molar-refractivity contribution in [1.29, 1.82) is 0 Å². The molecule has 0 fully saturated rings. The molecule has 0 aliphatic heterocycles. The minimum absolute atomic E-state index is 0.0901. The molecule has 0 saturated heterocycles. The van der Waals surface area contributed by atoms with Gasteiger partial charge in [0, 0.05) is 17.2 Å². The van der Waals surface area contributed by atoms with E-state index >= 15 is 0 Å². The van der Waals surface area contributed by atoms with E-state index in [1.165, 1.54) is 47.5 Å². The van der Waals surface area contributed by atoms with Crippen molar-refractivity contribution in [3.8, 4) is 44.5 Å². The van der Waals surface area contributed by atoms with E-state index in [1.54, 1.807) is 55.5 Å². The van der Waals surface area contributed by atoms with Crippen molar-refractivity contribution in [2.45, 2.75) is 27.7 Å². The highest BCUT2D eigenvalue weighted by atomic mass is 35.5. The number of hydrazone groups is 8. The van der Waals surface area contributed by atoms with E-state index in [4.69, 9.17) is 11.6 Å². The Morgan fingerprint density at radius 1 is 0.189 bits per heavy atom. The Morgan fingerprint density at radius 2 is 0.462 bits per heavy atom. The van der Waals surface area contributed by atoms with Crippen molar-refractivity contribution in [2.24, 2.45) is 40.8 Å². The van der Waals surface area contributed by atoms with Gasteiger partial charge in [0.15, 0.2) is 5.82 Å². The first-order valence-electron chi connectivity index (χ1n) is 41.5. The van der Waals surface area contributed by atoms with Crippen LogP contribution in [0.3, 0.4) is 0 Å². The molecule has 656 valence electrons. The van der Waals surface area contributed by atoms with E-state index < -0.39 is 23.3 Å². The predicted octanol–water partition coefficient (Wildman–Crippen LogP) is 27.8. The Bertz CT molecular complexity index is 6520. The van der Waals surface area contributed by atoms with E-state index in [1.807, 2.05) is 245 Å². The minimum atomic E-state index is -0.713. The van der Waals surface area contributed by atoms with Crippen molar-refractivity contribution >= 4 is 107 Å². The van der Waals surface area contributed by atoms with Gasteiger partial charge in [-0.25, -0.2) is 30.7 Å². The summed E-state index contributed by atoms with van der Waals surface area (Å²) in [5.74, 6) is -3.64. The van der Waals surface area contributed by atoms with E-state index in [-0.39, 0.29) is 28.8 Å². The summed E-state index contributed by atoms with van der Waals surface area (Å²) in [6, 6.07) is 109. The fraction of sp³-hybridized carbons (Fsp3) is 0.0370. The molecule has 0 heterocycles. The van der Waals surface area contributed by atoms with Crippen molar-refractivity contribution in [3.05, 3.63) is 476 Å². The number of nitrogens with one attached hydrogen (secondary N) is 8. The number of halogens is 8. The third-order valence-electron chi connectivity index (χ3n) is 19.5. The van der Waals surface area contributed by atoms with E-state index in [2.05, 4.69) is 159 Å². The van der Waals surface area contributed by atoms with Crippen molar-refractivity contribution in [2.75, 3.05) is 43.4 Å². The van der Waals surface area contributed by atoms with Crippen LogP contribution in [0, 0.1) is 68.4 Å². The van der Waals surface area contributed by atoms with Gasteiger partial charge in [-0.3, -0.25) is 43.4 Å². The summed E-state index contributed by atoms with van der Waals surface area (Å²) in [6.45, 7) is 7.77. The van der Waals surface area contributed by atoms with Crippen LogP contribution in [0.15, 0.2) is 405 Å². The lowest BCUT2D eigenvalue weighted by Gasteiger charge is -2.05. The van der Waals surface area contributed by atoms with Crippen LogP contribution < -0.4 is 43.4 Å². The molecule has 0 aliphatic rings. The Balaban J connectivity index is 0.000000150. The SMILES string of the molecule is Cc1cc(F)cc(N/N=C/c2cccc(-c3ccc(/C=N/Nc4cc(F)cc(F)c4)cc3)c2)c1.Cc1ccc(N/N=C/c2cccc(-c3ccc(/C=N/Nc4ccc(Cl)cc4)cc3)c2)cc1.Cc1ccc(N/N=C/c2cccc(-c3ccc(/C=N/Nc4ccc(F)cc4)cc3)c2)cc1.Cc1ccc(N/N=C/c2cccc(-c3ccc(/C=N/Nc4ccc(F)cc4F)cc3)c2)c(F)c1. The highest BCUT2D eigenvalue weighted by Gasteiger charge is 2.09. The Kier molecular flexibility index (Phi) is 33.4. The second kappa shape index (κ2) is 47.6. The van der Waals surface area contributed by atoms with Gasteiger partial charge in [-0.15, -0.1) is 0 Å².